The highest BCUT2D eigenvalue weighted by Gasteiger charge is 2.31. The van der Waals surface area contributed by atoms with Crippen LogP contribution in [0.4, 0.5) is 0 Å². The third kappa shape index (κ3) is 4.27. The lowest BCUT2D eigenvalue weighted by molar-refractivity contribution is -0.126. The summed E-state index contributed by atoms with van der Waals surface area (Å²) in [5, 5.41) is 7.17. The van der Waals surface area contributed by atoms with Crippen molar-refractivity contribution >= 4 is 15.9 Å². The van der Waals surface area contributed by atoms with E-state index in [-0.39, 0.29) is 16.7 Å². The lowest BCUT2D eigenvalue weighted by Gasteiger charge is -2.30. The number of piperidine rings is 1. The number of nitrogens with zero attached hydrogens (tertiary/aromatic N) is 4. The number of aromatic nitrogens is 3. The molecule has 8 nitrogen and oxygen atoms in total. The number of carbonyl (C=O) groups is 1. The predicted octanol–water partition coefficient (Wildman–Crippen LogP) is 1.98. The molecule has 0 radical (unpaired) electrons. The van der Waals surface area contributed by atoms with Crippen LogP contribution in [0.15, 0.2) is 72.0 Å². The Balaban J connectivity index is 1.35. The van der Waals surface area contributed by atoms with E-state index in [9.17, 15) is 13.2 Å². The van der Waals surface area contributed by atoms with Gasteiger partial charge in [0.2, 0.25) is 15.9 Å². The number of carbonyl (C=O) groups excluding carboxylic acids is 1. The van der Waals surface area contributed by atoms with Crippen LogP contribution in [0.2, 0.25) is 0 Å². The quantitative estimate of drug-likeness (QED) is 0.651. The number of amides is 1. The van der Waals surface area contributed by atoms with Gasteiger partial charge < -0.3 is 5.32 Å². The van der Waals surface area contributed by atoms with Gasteiger partial charge >= 0.3 is 0 Å². The Morgan fingerprint density at radius 1 is 1.03 bits per heavy atom. The summed E-state index contributed by atoms with van der Waals surface area (Å²) in [5.41, 5.74) is 0.860. The van der Waals surface area contributed by atoms with Crippen LogP contribution in [0.3, 0.4) is 0 Å². The zero-order valence-electron chi connectivity index (χ0n) is 16.4. The topological polar surface area (TPSA) is 97.2 Å². The Bertz CT molecular complexity index is 1090. The molecule has 0 saturated carbocycles. The van der Waals surface area contributed by atoms with E-state index in [1.54, 1.807) is 53.6 Å². The molecule has 1 N–H and O–H groups in total. The van der Waals surface area contributed by atoms with Crippen molar-refractivity contribution in [3.63, 3.8) is 0 Å². The van der Waals surface area contributed by atoms with Crippen LogP contribution in [-0.4, -0.2) is 46.5 Å². The molecule has 3 heterocycles. The van der Waals surface area contributed by atoms with E-state index >= 15 is 0 Å². The maximum Gasteiger partial charge on any atom is 0.243 e. The van der Waals surface area contributed by atoms with Crippen molar-refractivity contribution in [2.45, 2.75) is 24.3 Å². The summed E-state index contributed by atoms with van der Waals surface area (Å²) >= 11 is 0. The van der Waals surface area contributed by atoms with E-state index in [1.807, 2.05) is 18.2 Å². The zero-order chi connectivity index (χ0) is 21.0. The number of hydrogen-bond donors (Lipinski definition) is 1. The summed E-state index contributed by atoms with van der Waals surface area (Å²) in [5.74, 6) is 0.394. The molecular formula is C21H23N5O3S. The third-order valence-corrected chi connectivity index (χ3v) is 7.16. The van der Waals surface area contributed by atoms with E-state index < -0.39 is 10.0 Å². The molecule has 0 unspecified atom stereocenters. The molecular weight excluding hydrogens is 402 g/mol. The Kier molecular flexibility index (Phi) is 5.91. The van der Waals surface area contributed by atoms with Crippen molar-refractivity contribution in [1.82, 2.24) is 24.4 Å². The second kappa shape index (κ2) is 8.76. The highest BCUT2D eigenvalue weighted by atomic mass is 32.2. The average Bonchev–Trinajstić information content (AvgIpc) is 3.33. The van der Waals surface area contributed by atoms with Crippen LogP contribution in [0, 0.1) is 5.92 Å². The summed E-state index contributed by atoms with van der Waals surface area (Å²) < 4.78 is 28.6. The molecule has 9 heteroatoms. The Labute approximate surface area is 175 Å². The summed E-state index contributed by atoms with van der Waals surface area (Å²) in [6.07, 6.45) is 6.16. The molecule has 1 aliphatic heterocycles. The van der Waals surface area contributed by atoms with Crippen LogP contribution in [0.25, 0.3) is 5.82 Å². The number of benzene rings is 1. The summed E-state index contributed by atoms with van der Waals surface area (Å²) in [4.78, 5) is 17.3. The molecule has 30 heavy (non-hydrogen) atoms. The molecule has 1 aromatic carbocycles. The Morgan fingerprint density at radius 2 is 1.80 bits per heavy atom. The van der Waals surface area contributed by atoms with E-state index in [0.717, 1.165) is 5.56 Å². The van der Waals surface area contributed by atoms with Gasteiger partial charge in [-0.05, 0) is 37.1 Å². The second-order valence-corrected chi connectivity index (χ2v) is 9.08. The highest BCUT2D eigenvalue weighted by Crippen LogP contribution is 2.24. The van der Waals surface area contributed by atoms with Gasteiger partial charge in [-0.15, -0.1) is 0 Å². The molecule has 0 aliphatic carbocycles. The molecule has 3 aromatic rings. The SMILES string of the molecule is O=C(NCc1cccnc1-n1cccn1)C1CCN(S(=O)(=O)c2ccccc2)CC1. The van der Waals surface area contributed by atoms with E-state index in [4.69, 9.17) is 0 Å². The van der Waals surface area contributed by atoms with E-state index in [2.05, 4.69) is 15.4 Å². The monoisotopic (exact) mass is 425 g/mol. The van der Waals surface area contributed by atoms with Gasteiger partial charge in [0.05, 0.1) is 4.90 Å². The maximum atomic E-state index is 12.7. The van der Waals surface area contributed by atoms with Gasteiger partial charge in [-0.25, -0.2) is 18.1 Å². The first-order valence-corrected chi connectivity index (χ1v) is 11.3. The minimum atomic E-state index is -3.51. The Morgan fingerprint density at radius 3 is 2.50 bits per heavy atom. The molecule has 1 aliphatic rings. The number of sulfonamides is 1. The summed E-state index contributed by atoms with van der Waals surface area (Å²) in [7, 11) is -3.51. The second-order valence-electron chi connectivity index (χ2n) is 7.15. The van der Waals surface area contributed by atoms with Crippen LogP contribution < -0.4 is 5.32 Å². The first-order valence-electron chi connectivity index (χ1n) is 9.82. The zero-order valence-corrected chi connectivity index (χ0v) is 17.2. The lowest BCUT2D eigenvalue weighted by Crippen LogP contribution is -2.42. The van der Waals surface area contributed by atoms with Gasteiger partial charge in [0.25, 0.3) is 0 Å². The van der Waals surface area contributed by atoms with Gasteiger partial charge in [-0.2, -0.15) is 9.40 Å². The minimum absolute atomic E-state index is 0.0676. The van der Waals surface area contributed by atoms with E-state index in [1.165, 1.54) is 4.31 Å². The van der Waals surface area contributed by atoms with Crippen LogP contribution in [0.5, 0.6) is 0 Å². The fourth-order valence-electron chi connectivity index (χ4n) is 3.60. The lowest BCUT2D eigenvalue weighted by atomic mass is 9.97. The van der Waals surface area contributed by atoms with Crippen LogP contribution in [0.1, 0.15) is 18.4 Å². The van der Waals surface area contributed by atoms with Crippen LogP contribution >= 0.6 is 0 Å². The molecule has 0 atom stereocenters. The molecule has 2 aromatic heterocycles. The van der Waals surface area contributed by atoms with Crippen molar-refractivity contribution in [2.75, 3.05) is 13.1 Å². The number of hydrogen-bond acceptors (Lipinski definition) is 5. The van der Waals surface area contributed by atoms with E-state index in [0.29, 0.717) is 38.3 Å². The smallest absolute Gasteiger partial charge is 0.243 e. The number of pyridine rings is 1. The van der Waals surface area contributed by atoms with Crippen molar-refractivity contribution in [3.8, 4) is 5.82 Å². The molecule has 0 spiro atoms. The molecule has 1 amide bonds. The molecule has 1 saturated heterocycles. The number of nitrogens with one attached hydrogen (secondary N) is 1. The van der Waals surface area contributed by atoms with Crippen molar-refractivity contribution in [2.24, 2.45) is 5.92 Å². The molecule has 4 rings (SSSR count). The van der Waals surface area contributed by atoms with Gasteiger partial charge in [-0.3, -0.25) is 4.79 Å². The van der Waals surface area contributed by atoms with Crippen molar-refractivity contribution in [1.29, 1.82) is 0 Å². The van der Waals surface area contributed by atoms with Gasteiger partial charge in [0, 0.05) is 49.7 Å². The molecule has 1 fully saturated rings. The number of rotatable bonds is 6. The fourth-order valence-corrected chi connectivity index (χ4v) is 5.09. The van der Waals surface area contributed by atoms with Gasteiger partial charge in [-0.1, -0.05) is 24.3 Å². The first kappa shape index (κ1) is 20.2. The maximum absolute atomic E-state index is 12.7. The normalized spacial score (nSPS) is 15.7. The first-order chi connectivity index (χ1) is 14.6. The summed E-state index contributed by atoms with van der Waals surface area (Å²) in [6.45, 7) is 1.01. The minimum Gasteiger partial charge on any atom is -0.352 e. The Hall–Kier alpha value is -3.04. The third-order valence-electron chi connectivity index (χ3n) is 5.25. The largest absolute Gasteiger partial charge is 0.352 e. The summed E-state index contributed by atoms with van der Waals surface area (Å²) in [6, 6.07) is 13.9. The predicted molar refractivity (Wildman–Crippen MR) is 111 cm³/mol. The standard InChI is InChI=1S/C21H23N5O3S/c27-21(23-16-18-6-4-11-22-20(18)26-13-5-12-24-26)17-9-14-25(15-10-17)30(28,29)19-7-2-1-3-8-19/h1-8,11-13,17H,9-10,14-16H2,(H,23,27). The highest BCUT2D eigenvalue weighted by molar-refractivity contribution is 7.89. The van der Waals surface area contributed by atoms with Crippen LogP contribution in [-0.2, 0) is 21.4 Å². The average molecular weight is 426 g/mol. The fraction of sp³-hybridized carbons (Fsp3) is 0.286. The molecule has 0 bridgehead atoms. The van der Waals surface area contributed by atoms with Crippen molar-refractivity contribution < 1.29 is 13.2 Å². The van der Waals surface area contributed by atoms with Crippen molar-refractivity contribution in [3.05, 3.63) is 72.7 Å². The van der Waals surface area contributed by atoms with Gasteiger partial charge in [0.15, 0.2) is 5.82 Å². The molecule has 156 valence electrons. The van der Waals surface area contributed by atoms with Gasteiger partial charge in [0.1, 0.15) is 0 Å².